The van der Waals surface area contributed by atoms with Crippen LogP contribution in [0.15, 0.2) is 33.5 Å². The van der Waals surface area contributed by atoms with Crippen LogP contribution < -0.4 is 11.2 Å². The second-order valence-corrected chi connectivity index (χ2v) is 10.3. The highest BCUT2D eigenvalue weighted by Crippen LogP contribution is 2.56. The third-order valence-electron chi connectivity index (χ3n) is 7.93. The molecule has 174 valence electrons. The minimum Gasteiger partial charge on any atom is -0.458 e. The Balaban J connectivity index is 1.57. The lowest BCUT2D eigenvalue weighted by molar-refractivity contribution is -0.142. The number of carbonyl (C=O) groups excluding carboxylic acids is 1. The zero-order valence-electron chi connectivity index (χ0n) is 19.5. The maximum atomic E-state index is 12.8. The fraction of sp³-hybridized carbons (Fsp3) is 0.654. The van der Waals surface area contributed by atoms with Gasteiger partial charge in [0, 0.05) is 24.2 Å². The molecule has 3 aliphatic rings. The highest BCUT2D eigenvalue weighted by atomic mass is 16.6. The number of hydrogen-bond acceptors (Lipinski definition) is 4. The van der Waals surface area contributed by atoms with E-state index in [0.29, 0.717) is 23.6 Å². The van der Waals surface area contributed by atoms with Gasteiger partial charge in [-0.3, -0.25) is 14.3 Å². The lowest BCUT2D eigenvalue weighted by Crippen LogP contribution is -2.43. The summed E-state index contributed by atoms with van der Waals surface area (Å²) in [7, 11) is 0. The van der Waals surface area contributed by atoms with E-state index in [0.717, 1.165) is 51.4 Å². The summed E-state index contributed by atoms with van der Waals surface area (Å²) in [4.78, 5) is 40.0. The maximum absolute atomic E-state index is 12.8. The number of carbonyl (C=O) groups is 1. The van der Waals surface area contributed by atoms with E-state index in [1.807, 2.05) is 0 Å². The van der Waals surface area contributed by atoms with Crippen molar-refractivity contribution in [1.29, 1.82) is 0 Å². The van der Waals surface area contributed by atoms with Gasteiger partial charge in [-0.15, -0.1) is 0 Å². The summed E-state index contributed by atoms with van der Waals surface area (Å²) in [5.74, 6) is 0.0274. The Kier molecular flexibility index (Phi) is 6.59. The van der Waals surface area contributed by atoms with Gasteiger partial charge in [-0.2, -0.15) is 0 Å². The molecule has 2 aliphatic carbocycles. The number of fused-ring (bicyclic) bond motifs is 2. The van der Waals surface area contributed by atoms with E-state index in [4.69, 9.17) is 4.74 Å². The van der Waals surface area contributed by atoms with Gasteiger partial charge in [0.15, 0.2) is 0 Å². The summed E-state index contributed by atoms with van der Waals surface area (Å²) in [6, 6.07) is 0. The van der Waals surface area contributed by atoms with E-state index in [9.17, 15) is 14.4 Å². The minimum absolute atomic E-state index is 0.0238. The first-order valence-electron chi connectivity index (χ1n) is 12.3. The van der Waals surface area contributed by atoms with Gasteiger partial charge >= 0.3 is 11.7 Å². The molecule has 1 saturated heterocycles. The van der Waals surface area contributed by atoms with Gasteiger partial charge in [-0.05, 0) is 55.9 Å². The predicted octanol–water partition coefficient (Wildman–Crippen LogP) is 4.59. The van der Waals surface area contributed by atoms with Gasteiger partial charge in [-0.1, -0.05) is 51.7 Å². The van der Waals surface area contributed by atoms with E-state index >= 15 is 0 Å². The molecule has 0 aromatic carbocycles. The number of aromatic nitrogens is 2. The first-order chi connectivity index (χ1) is 15.3. The minimum atomic E-state index is -0.455. The molecule has 0 bridgehead atoms. The highest BCUT2D eigenvalue weighted by Gasteiger charge is 2.53. The van der Waals surface area contributed by atoms with E-state index in [1.54, 1.807) is 16.8 Å². The van der Waals surface area contributed by atoms with Crippen molar-refractivity contribution in [2.75, 3.05) is 0 Å². The van der Waals surface area contributed by atoms with E-state index in [-0.39, 0.29) is 23.4 Å². The molecule has 6 nitrogen and oxygen atoms in total. The number of nitrogens with zero attached hydrogens (tertiary/aromatic N) is 1. The van der Waals surface area contributed by atoms with Crippen molar-refractivity contribution < 1.29 is 9.53 Å². The van der Waals surface area contributed by atoms with Crippen molar-refractivity contribution in [2.45, 2.75) is 90.7 Å². The molecule has 1 aromatic rings. The Morgan fingerprint density at radius 1 is 1.25 bits per heavy atom. The maximum Gasteiger partial charge on any atom is 0.334 e. The van der Waals surface area contributed by atoms with Crippen molar-refractivity contribution in [1.82, 2.24) is 9.55 Å². The van der Waals surface area contributed by atoms with Gasteiger partial charge in [0.05, 0.1) is 5.56 Å². The molecule has 1 N–H and O–H groups in total. The first kappa shape index (κ1) is 22.8. The normalized spacial score (nSPS) is 30.8. The van der Waals surface area contributed by atoms with Crippen LogP contribution in [0.2, 0.25) is 0 Å². The fourth-order valence-electron chi connectivity index (χ4n) is 6.09. The van der Waals surface area contributed by atoms with Crippen LogP contribution in [0.4, 0.5) is 0 Å². The predicted molar refractivity (Wildman–Crippen MR) is 125 cm³/mol. The smallest absolute Gasteiger partial charge is 0.334 e. The number of rotatable bonds is 7. The number of aryl methyl sites for hydroxylation is 1. The topological polar surface area (TPSA) is 81.2 Å². The van der Waals surface area contributed by atoms with Gasteiger partial charge in [-0.25, -0.2) is 9.59 Å². The SMILES string of the molecule is C=C1CCC[C@]2(C)C[C@H]3OC(=O)/C(=C\c4cn(CCCCCCC)c(=O)[nH]c4=O)[C@H]3C[C@@H]12. The lowest BCUT2D eigenvalue weighted by Gasteiger charge is -2.49. The molecule has 1 aliphatic heterocycles. The average Bonchev–Trinajstić information content (AvgIpc) is 3.03. The zero-order valence-corrected chi connectivity index (χ0v) is 19.5. The van der Waals surface area contributed by atoms with Crippen molar-refractivity contribution in [3.05, 3.63) is 50.3 Å². The van der Waals surface area contributed by atoms with E-state index in [1.165, 1.54) is 18.4 Å². The standard InChI is InChI=1S/C26H36N2O4/c1-4-5-6-7-8-12-28-16-18(23(29)27-25(28)31)13-20-19-14-21-17(2)10-9-11-26(21,3)15-22(19)32-24(20)30/h13,16,19,21-22H,2,4-12,14-15H2,1,3H3,(H,27,29,31)/b20-13-/t19-,21+,22-,26-/m1/s1. The number of esters is 1. The number of ether oxygens (including phenoxy) is 1. The molecule has 4 atom stereocenters. The van der Waals surface area contributed by atoms with Crippen LogP contribution >= 0.6 is 0 Å². The Bertz CT molecular complexity index is 1030. The van der Waals surface area contributed by atoms with Gasteiger partial charge in [0.25, 0.3) is 5.56 Å². The van der Waals surface area contributed by atoms with E-state index in [2.05, 4.69) is 25.4 Å². The Hall–Kier alpha value is -2.37. The Morgan fingerprint density at radius 2 is 2.03 bits per heavy atom. The van der Waals surface area contributed by atoms with Gasteiger partial charge in [0.2, 0.25) is 0 Å². The average molecular weight is 441 g/mol. The fourth-order valence-corrected chi connectivity index (χ4v) is 6.09. The third-order valence-corrected chi connectivity index (χ3v) is 7.93. The zero-order chi connectivity index (χ0) is 22.9. The molecule has 32 heavy (non-hydrogen) atoms. The third kappa shape index (κ3) is 4.41. The van der Waals surface area contributed by atoms with Crippen LogP contribution in [-0.2, 0) is 16.1 Å². The first-order valence-corrected chi connectivity index (χ1v) is 12.3. The highest BCUT2D eigenvalue weighted by molar-refractivity contribution is 5.96. The number of H-pyrrole nitrogens is 1. The summed E-state index contributed by atoms with van der Waals surface area (Å²) >= 11 is 0. The molecule has 2 heterocycles. The second kappa shape index (κ2) is 9.24. The van der Waals surface area contributed by atoms with Crippen LogP contribution in [-0.4, -0.2) is 21.6 Å². The molecule has 2 saturated carbocycles. The molecule has 0 amide bonds. The van der Waals surface area contributed by atoms with Crippen molar-refractivity contribution >= 4 is 12.0 Å². The molecule has 0 radical (unpaired) electrons. The Morgan fingerprint density at radius 3 is 2.81 bits per heavy atom. The van der Waals surface area contributed by atoms with Crippen molar-refractivity contribution in [3.63, 3.8) is 0 Å². The second-order valence-electron chi connectivity index (χ2n) is 10.3. The molecular weight excluding hydrogens is 404 g/mol. The Labute approximate surface area is 189 Å². The summed E-state index contributed by atoms with van der Waals surface area (Å²) in [5, 5.41) is 0. The van der Waals surface area contributed by atoms with Gasteiger partial charge < -0.3 is 4.74 Å². The number of unbranched alkanes of at least 4 members (excludes halogenated alkanes) is 4. The van der Waals surface area contributed by atoms with Crippen LogP contribution in [0.5, 0.6) is 0 Å². The molecule has 4 rings (SSSR count). The summed E-state index contributed by atoms with van der Waals surface area (Å²) in [5.41, 5.74) is 1.48. The molecular formula is C26H36N2O4. The lowest BCUT2D eigenvalue weighted by atomic mass is 9.56. The number of hydrogen-bond donors (Lipinski definition) is 1. The summed E-state index contributed by atoms with van der Waals surface area (Å²) in [6.45, 7) is 9.36. The quantitative estimate of drug-likeness (QED) is 0.291. The van der Waals surface area contributed by atoms with Crippen molar-refractivity contribution in [2.24, 2.45) is 17.3 Å². The molecule has 1 aromatic heterocycles. The molecule has 3 fully saturated rings. The molecule has 6 heteroatoms. The van der Waals surface area contributed by atoms with E-state index < -0.39 is 11.2 Å². The molecule has 0 unspecified atom stereocenters. The van der Waals surface area contributed by atoms with Crippen LogP contribution in [0.25, 0.3) is 6.08 Å². The van der Waals surface area contributed by atoms with Crippen LogP contribution in [0, 0.1) is 17.3 Å². The van der Waals surface area contributed by atoms with Crippen LogP contribution in [0.1, 0.15) is 83.6 Å². The van der Waals surface area contributed by atoms with Crippen LogP contribution in [0.3, 0.4) is 0 Å². The largest absolute Gasteiger partial charge is 0.458 e. The summed E-state index contributed by atoms with van der Waals surface area (Å²) < 4.78 is 7.33. The monoisotopic (exact) mass is 440 g/mol. The van der Waals surface area contributed by atoms with Crippen molar-refractivity contribution in [3.8, 4) is 0 Å². The summed E-state index contributed by atoms with van der Waals surface area (Å²) in [6.07, 6.45) is 13.6. The number of nitrogens with one attached hydrogen (secondary N) is 1. The molecule has 0 spiro atoms. The van der Waals surface area contributed by atoms with Gasteiger partial charge in [0.1, 0.15) is 6.10 Å². The number of aromatic amines is 1. The number of allylic oxidation sites excluding steroid dienone is 1.